The maximum absolute atomic E-state index is 10.8. The van der Waals surface area contributed by atoms with Crippen molar-refractivity contribution in [3.8, 4) is 0 Å². The first kappa shape index (κ1) is 11.5. The summed E-state index contributed by atoms with van der Waals surface area (Å²) in [5, 5.41) is 16.9. The molecule has 17 heavy (non-hydrogen) atoms. The maximum Gasteiger partial charge on any atom is 0.303 e. The summed E-state index contributed by atoms with van der Waals surface area (Å²) in [4.78, 5) is 14.7. The van der Waals surface area contributed by atoms with E-state index in [2.05, 4.69) is 15.2 Å². The van der Waals surface area contributed by atoms with Gasteiger partial charge in [-0.15, -0.1) is 10.2 Å². The molecule has 0 radical (unpaired) electrons. The Morgan fingerprint density at radius 1 is 1.47 bits per heavy atom. The Bertz CT molecular complexity index is 547. The van der Waals surface area contributed by atoms with Crippen molar-refractivity contribution in [2.75, 3.05) is 0 Å². The van der Waals surface area contributed by atoms with Crippen LogP contribution in [0.25, 0.3) is 5.65 Å². The minimum atomic E-state index is -0.800. The molecule has 0 aliphatic rings. The molecule has 0 amide bonds. The number of hydrogen-bond donors (Lipinski definition) is 1. The molecule has 0 aromatic carbocycles. The van der Waals surface area contributed by atoms with Gasteiger partial charge in [0.15, 0.2) is 5.65 Å². The number of rotatable bonds is 4. The SMILES string of the molecule is CC(C)(CC(=O)O)Cc1nnc2cnccn12. The van der Waals surface area contributed by atoms with E-state index in [1.807, 2.05) is 18.2 Å². The van der Waals surface area contributed by atoms with Gasteiger partial charge in [-0.3, -0.25) is 14.2 Å². The minimum absolute atomic E-state index is 0.104. The molecule has 0 aliphatic carbocycles. The van der Waals surface area contributed by atoms with Crippen molar-refractivity contribution in [2.24, 2.45) is 5.41 Å². The van der Waals surface area contributed by atoms with E-state index in [0.29, 0.717) is 12.1 Å². The number of carboxylic acids is 1. The van der Waals surface area contributed by atoms with Crippen LogP contribution in [-0.2, 0) is 11.2 Å². The lowest BCUT2D eigenvalue weighted by Crippen LogP contribution is -2.21. The molecule has 2 rings (SSSR count). The molecule has 6 heteroatoms. The maximum atomic E-state index is 10.8. The Balaban J connectivity index is 2.26. The Labute approximate surface area is 98.3 Å². The van der Waals surface area contributed by atoms with Gasteiger partial charge in [0, 0.05) is 18.8 Å². The van der Waals surface area contributed by atoms with E-state index in [0.717, 1.165) is 5.82 Å². The second kappa shape index (κ2) is 4.12. The van der Waals surface area contributed by atoms with Gasteiger partial charge < -0.3 is 5.11 Å². The molecule has 0 bridgehead atoms. The highest BCUT2D eigenvalue weighted by Crippen LogP contribution is 2.25. The smallest absolute Gasteiger partial charge is 0.303 e. The molecule has 90 valence electrons. The molecule has 0 saturated carbocycles. The first-order chi connectivity index (χ1) is 7.98. The summed E-state index contributed by atoms with van der Waals surface area (Å²) in [5.74, 6) is -0.0425. The molecule has 1 N–H and O–H groups in total. The third-order valence-electron chi connectivity index (χ3n) is 2.55. The van der Waals surface area contributed by atoms with E-state index in [1.165, 1.54) is 0 Å². The summed E-state index contributed by atoms with van der Waals surface area (Å²) in [6.45, 7) is 3.81. The molecule has 0 unspecified atom stereocenters. The quantitative estimate of drug-likeness (QED) is 0.858. The van der Waals surface area contributed by atoms with Crippen LogP contribution in [-0.4, -0.2) is 30.7 Å². The lowest BCUT2D eigenvalue weighted by Gasteiger charge is -2.20. The number of carboxylic acid groups (broad SMARTS) is 1. The Morgan fingerprint density at radius 3 is 2.94 bits per heavy atom. The zero-order valence-corrected chi connectivity index (χ0v) is 9.79. The topological polar surface area (TPSA) is 80.4 Å². The van der Waals surface area contributed by atoms with Crippen LogP contribution in [0.3, 0.4) is 0 Å². The number of hydrogen-bond acceptors (Lipinski definition) is 4. The van der Waals surface area contributed by atoms with Gasteiger partial charge in [-0.2, -0.15) is 0 Å². The van der Waals surface area contributed by atoms with E-state index < -0.39 is 5.97 Å². The second-order valence-corrected chi connectivity index (χ2v) is 4.83. The third kappa shape index (κ3) is 2.58. The van der Waals surface area contributed by atoms with Crippen LogP contribution in [0.15, 0.2) is 18.6 Å². The zero-order valence-electron chi connectivity index (χ0n) is 9.79. The molecule has 0 spiro atoms. The van der Waals surface area contributed by atoms with Gasteiger partial charge in [-0.05, 0) is 5.41 Å². The Morgan fingerprint density at radius 2 is 2.24 bits per heavy atom. The highest BCUT2D eigenvalue weighted by Gasteiger charge is 2.24. The van der Waals surface area contributed by atoms with Gasteiger partial charge >= 0.3 is 5.97 Å². The number of carbonyl (C=O) groups is 1. The monoisotopic (exact) mass is 234 g/mol. The number of aromatic nitrogens is 4. The fourth-order valence-corrected chi connectivity index (χ4v) is 1.82. The van der Waals surface area contributed by atoms with Gasteiger partial charge in [-0.25, -0.2) is 0 Å². The lowest BCUT2D eigenvalue weighted by molar-refractivity contribution is -0.139. The lowest BCUT2D eigenvalue weighted by atomic mass is 9.85. The summed E-state index contributed by atoms with van der Waals surface area (Å²) in [5.41, 5.74) is 0.326. The predicted molar refractivity (Wildman–Crippen MR) is 60.5 cm³/mol. The van der Waals surface area contributed by atoms with Gasteiger partial charge in [0.1, 0.15) is 5.82 Å². The van der Waals surface area contributed by atoms with E-state index in [9.17, 15) is 4.79 Å². The fraction of sp³-hybridized carbons (Fsp3) is 0.455. The van der Waals surface area contributed by atoms with Gasteiger partial charge in [0.25, 0.3) is 0 Å². The van der Waals surface area contributed by atoms with Crippen molar-refractivity contribution in [3.05, 3.63) is 24.4 Å². The summed E-state index contributed by atoms with van der Waals surface area (Å²) in [7, 11) is 0. The molecule has 2 aromatic rings. The highest BCUT2D eigenvalue weighted by molar-refractivity contribution is 5.67. The third-order valence-corrected chi connectivity index (χ3v) is 2.55. The summed E-state index contributed by atoms with van der Waals surface area (Å²) < 4.78 is 1.83. The van der Waals surface area contributed by atoms with Crippen LogP contribution in [0.2, 0.25) is 0 Å². The zero-order chi connectivity index (χ0) is 12.5. The van der Waals surface area contributed by atoms with Crippen LogP contribution >= 0.6 is 0 Å². The Hall–Kier alpha value is -1.98. The normalized spacial score (nSPS) is 11.9. The molecule has 2 heterocycles. The van der Waals surface area contributed by atoms with Crippen molar-refractivity contribution in [1.29, 1.82) is 0 Å². The van der Waals surface area contributed by atoms with Crippen molar-refractivity contribution in [2.45, 2.75) is 26.7 Å². The minimum Gasteiger partial charge on any atom is -0.481 e. The van der Waals surface area contributed by atoms with Crippen molar-refractivity contribution in [3.63, 3.8) is 0 Å². The van der Waals surface area contributed by atoms with Crippen molar-refractivity contribution in [1.82, 2.24) is 19.6 Å². The number of aliphatic carboxylic acids is 1. The average molecular weight is 234 g/mol. The van der Waals surface area contributed by atoms with Crippen LogP contribution in [0.1, 0.15) is 26.1 Å². The molecular formula is C11H14N4O2. The van der Waals surface area contributed by atoms with Gasteiger partial charge in [-0.1, -0.05) is 13.8 Å². The van der Waals surface area contributed by atoms with E-state index in [-0.39, 0.29) is 11.8 Å². The first-order valence-corrected chi connectivity index (χ1v) is 5.33. The van der Waals surface area contributed by atoms with E-state index in [4.69, 9.17) is 5.11 Å². The standard InChI is InChI=1S/C11H14N4O2/c1-11(2,6-10(16)17)5-8-13-14-9-7-12-3-4-15(8)9/h3-4,7H,5-6H2,1-2H3,(H,16,17). The summed E-state index contributed by atoms with van der Waals surface area (Å²) in [6, 6.07) is 0. The first-order valence-electron chi connectivity index (χ1n) is 5.33. The van der Waals surface area contributed by atoms with Crippen molar-refractivity contribution < 1.29 is 9.90 Å². The molecule has 0 fully saturated rings. The van der Waals surface area contributed by atoms with Gasteiger partial charge in [0.2, 0.25) is 0 Å². The van der Waals surface area contributed by atoms with Crippen LogP contribution < -0.4 is 0 Å². The van der Waals surface area contributed by atoms with E-state index >= 15 is 0 Å². The molecule has 2 aromatic heterocycles. The molecular weight excluding hydrogens is 220 g/mol. The summed E-state index contributed by atoms with van der Waals surface area (Å²) in [6.07, 6.45) is 5.73. The fourth-order valence-electron chi connectivity index (χ4n) is 1.82. The number of nitrogens with zero attached hydrogens (tertiary/aromatic N) is 4. The van der Waals surface area contributed by atoms with Crippen LogP contribution in [0.4, 0.5) is 0 Å². The molecule has 0 atom stereocenters. The van der Waals surface area contributed by atoms with Crippen LogP contribution in [0.5, 0.6) is 0 Å². The molecule has 6 nitrogen and oxygen atoms in total. The van der Waals surface area contributed by atoms with Gasteiger partial charge in [0.05, 0.1) is 12.6 Å². The molecule has 0 aliphatic heterocycles. The average Bonchev–Trinajstić information content (AvgIpc) is 2.59. The Kier molecular flexibility index (Phi) is 2.79. The number of fused-ring (bicyclic) bond motifs is 1. The predicted octanol–water partition coefficient (Wildman–Crippen LogP) is 1.17. The van der Waals surface area contributed by atoms with Crippen LogP contribution in [0, 0.1) is 5.41 Å². The highest BCUT2D eigenvalue weighted by atomic mass is 16.4. The second-order valence-electron chi connectivity index (χ2n) is 4.83. The van der Waals surface area contributed by atoms with E-state index in [1.54, 1.807) is 18.6 Å². The molecule has 0 saturated heterocycles. The summed E-state index contributed by atoms with van der Waals surface area (Å²) >= 11 is 0. The van der Waals surface area contributed by atoms with Crippen molar-refractivity contribution >= 4 is 11.6 Å². The largest absolute Gasteiger partial charge is 0.481 e.